The predicted octanol–water partition coefficient (Wildman–Crippen LogP) is 2.41. The Kier molecular flexibility index (Phi) is 5.05. The normalized spacial score (nSPS) is 16.2. The molecule has 2 rings (SSSR count). The third-order valence-electron chi connectivity index (χ3n) is 3.42. The van der Waals surface area contributed by atoms with Crippen molar-refractivity contribution in [2.24, 2.45) is 5.92 Å². The quantitative estimate of drug-likeness (QED) is 0.758. The van der Waals surface area contributed by atoms with Crippen LogP contribution in [-0.2, 0) is 11.3 Å². The second-order valence-corrected chi connectivity index (χ2v) is 4.96. The molecule has 0 aliphatic heterocycles. The average Bonchev–Trinajstić information content (AvgIpc) is 3.24. The summed E-state index contributed by atoms with van der Waals surface area (Å²) in [7, 11) is 1.73. The molecule has 0 heterocycles. The summed E-state index contributed by atoms with van der Waals surface area (Å²) in [4.78, 5) is 0. The molecule has 4 heteroatoms. The van der Waals surface area contributed by atoms with Crippen molar-refractivity contribution in [2.45, 2.75) is 32.4 Å². The van der Waals surface area contributed by atoms with E-state index in [0.717, 1.165) is 17.0 Å². The Morgan fingerprint density at radius 2 is 2.21 bits per heavy atom. The largest absolute Gasteiger partial charge is 0.494 e. The van der Waals surface area contributed by atoms with Gasteiger partial charge in [-0.1, -0.05) is 0 Å². The van der Waals surface area contributed by atoms with Gasteiger partial charge in [0.25, 0.3) is 0 Å². The molecule has 1 atom stereocenters. The Morgan fingerprint density at radius 3 is 2.79 bits per heavy atom. The molecule has 106 valence electrons. The third kappa shape index (κ3) is 3.85. The smallest absolute Gasteiger partial charge is 0.124 e. The van der Waals surface area contributed by atoms with Crippen molar-refractivity contribution in [3.8, 4) is 5.75 Å². The van der Waals surface area contributed by atoms with Crippen molar-refractivity contribution in [1.82, 2.24) is 0 Å². The van der Waals surface area contributed by atoms with Gasteiger partial charge >= 0.3 is 0 Å². The second kappa shape index (κ2) is 6.78. The van der Waals surface area contributed by atoms with E-state index in [1.807, 2.05) is 25.1 Å². The number of benzene rings is 1. The van der Waals surface area contributed by atoms with Crippen LogP contribution in [0.1, 0.15) is 25.3 Å². The standard InChI is InChI=1S/C15H23NO3/c1-3-19-15-7-6-13(8-12(15)9-17)16-14(10-18-2)11-4-5-11/h6-8,11,14,16-17H,3-5,9-10H2,1-2H3. The lowest BCUT2D eigenvalue weighted by Crippen LogP contribution is -2.27. The van der Waals surface area contributed by atoms with E-state index in [9.17, 15) is 5.11 Å². The monoisotopic (exact) mass is 265 g/mol. The molecule has 0 saturated heterocycles. The molecule has 1 aliphatic rings. The van der Waals surface area contributed by atoms with Crippen molar-refractivity contribution in [1.29, 1.82) is 0 Å². The molecule has 0 bridgehead atoms. The summed E-state index contributed by atoms with van der Waals surface area (Å²) < 4.78 is 10.7. The van der Waals surface area contributed by atoms with E-state index in [0.29, 0.717) is 25.2 Å². The predicted molar refractivity (Wildman–Crippen MR) is 75.5 cm³/mol. The van der Waals surface area contributed by atoms with Crippen molar-refractivity contribution in [3.05, 3.63) is 23.8 Å². The van der Waals surface area contributed by atoms with E-state index in [4.69, 9.17) is 9.47 Å². The summed E-state index contributed by atoms with van der Waals surface area (Å²) in [6.07, 6.45) is 2.54. The molecule has 0 aromatic heterocycles. The minimum Gasteiger partial charge on any atom is -0.494 e. The van der Waals surface area contributed by atoms with Crippen LogP contribution in [0.2, 0.25) is 0 Å². The maximum absolute atomic E-state index is 9.40. The van der Waals surface area contributed by atoms with Gasteiger partial charge in [0, 0.05) is 18.4 Å². The van der Waals surface area contributed by atoms with Crippen LogP contribution in [0.3, 0.4) is 0 Å². The van der Waals surface area contributed by atoms with Crippen molar-refractivity contribution >= 4 is 5.69 Å². The summed E-state index contributed by atoms with van der Waals surface area (Å²) in [6, 6.07) is 6.22. The maximum Gasteiger partial charge on any atom is 0.124 e. The molecule has 1 fully saturated rings. The third-order valence-corrected chi connectivity index (χ3v) is 3.42. The molecule has 0 amide bonds. The molecule has 0 radical (unpaired) electrons. The highest BCUT2D eigenvalue weighted by atomic mass is 16.5. The molecule has 1 saturated carbocycles. The van der Waals surface area contributed by atoms with Gasteiger partial charge in [-0.05, 0) is 43.9 Å². The van der Waals surface area contributed by atoms with Gasteiger partial charge in [-0.25, -0.2) is 0 Å². The van der Waals surface area contributed by atoms with Crippen LogP contribution in [0.15, 0.2) is 18.2 Å². The van der Waals surface area contributed by atoms with E-state index in [2.05, 4.69) is 5.32 Å². The fraction of sp³-hybridized carbons (Fsp3) is 0.600. The number of methoxy groups -OCH3 is 1. The van der Waals surface area contributed by atoms with Gasteiger partial charge in [-0.2, -0.15) is 0 Å². The maximum atomic E-state index is 9.40. The first kappa shape index (κ1) is 14.2. The topological polar surface area (TPSA) is 50.7 Å². The number of aliphatic hydroxyl groups is 1. The first-order valence-corrected chi connectivity index (χ1v) is 6.90. The van der Waals surface area contributed by atoms with Crippen LogP contribution in [0.4, 0.5) is 5.69 Å². The highest BCUT2D eigenvalue weighted by Gasteiger charge is 2.31. The van der Waals surface area contributed by atoms with Crippen molar-refractivity contribution in [3.63, 3.8) is 0 Å². The minimum atomic E-state index is -0.0107. The Balaban J connectivity index is 2.06. The lowest BCUT2D eigenvalue weighted by molar-refractivity contribution is 0.179. The SMILES string of the molecule is CCOc1ccc(NC(COC)C2CC2)cc1CO. The Bertz CT molecular complexity index is 404. The lowest BCUT2D eigenvalue weighted by atomic mass is 10.1. The number of nitrogens with one attached hydrogen (secondary N) is 1. The summed E-state index contributed by atoms with van der Waals surface area (Å²) in [5.41, 5.74) is 1.83. The summed E-state index contributed by atoms with van der Waals surface area (Å²) in [5.74, 6) is 1.47. The molecule has 0 spiro atoms. The molecule has 1 aromatic carbocycles. The Labute approximate surface area is 114 Å². The Hall–Kier alpha value is -1.26. The number of hydrogen-bond donors (Lipinski definition) is 2. The number of ether oxygens (including phenoxy) is 2. The Morgan fingerprint density at radius 1 is 1.42 bits per heavy atom. The van der Waals surface area contributed by atoms with Gasteiger partial charge in [0.15, 0.2) is 0 Å². The molecule has 4 nitrogen and oxygen atoms in total. The molecule has 1 unspecified atom stereocenters. The van der Waals surface area contributed by atoms with E-state index in [1.165, 1.54) is 12.8 Å². The molecule has 19 heavy (non-hydrogen) atoms. The number of rotatable bonds is 8. The van der Waals surface area contributed by atoms with Crippen LogP contribution in [-0.4, -0.2) is 31.5 Å². The second-order valence-electron chi connectivity index (χ2n) is 4.96. The van der Waals surface area contributed by atoms with Gasteiger partial charge in [0.1, 0.15) is 5.75 Å². The molecule has 1 aliphatic carbocycles. The minimum absolute atomic E-state index is 0.0107. The summed E-state index contributed by atoms with van der Waals surface area (Å²) in [5, 5.41) is 12.9. The van der Waals surface area contributed by atoms with Crippen LogP contribution in [0.25, 0.3) is 0 Å². The number of aliphatic hydroxyl groups excluding tert-OH is 1. The van der Waals surface area contributed by atoms with Crippen LogP contribution >= 0.6 is 0 Å². The number of anilines is 1. The van der Waals surface area contributed by atoms with E-state index in [-0.39, 0.29) is 6.61 Å². The fourth-order valence-electron chi connectivity index (χ4n) is 2.28. The summed E-state index contributed by atoms with van der Waals surface area (Å²) >= 11 is 0. The number of hydrogen-bond acceptors (Lipinski definition) is 4. The zero-order valence-corrected chi connectivity index (χ0v) is 11.7. The van der Waals surface area contributed by atoms with E-state index >= 15 is 0 Å². The van der Waals surface area contributed by atoms with Crippen LogP contribution in [0, 0.1) is 5.92 Å². The molecule has 2 N–H and O–H groups in total. The van der Waals surface area contributed by atoms with Crippen molar-refractivity contribution < 1.29 is 14.6 Å². The zero-order chi connectivity index (χ0) is 13.7. The highest BCUT2D eigenvalue weighted by Crippen LogP contribution is 2.35. The van der Waals surface area contributed by atoms with Gasteiger partial charge in [-0.15, -0.1) is 0 Å². The zero-order valence-electron chi connectivity index (χ0n) is 11.7. The summed E-state index contributed by atoms with van der Waals surface area (Å²) in [6.45, 7) is 3.25. The molecule has 1 aromatic rings. The average molecular weight is 265 g/mol. The first-order chi connectivity index (χ1) is 9.28. The van der Waals surface area contributed by atoms with Crippen LogP contribution in [0.5, 0.6) is 5.75 Å². The van der Waals surface area contributed by atoms with Gasteiger partial charge in [0.2, 0.25) is 0 Å². The highest BCUT2D eigenvalue weighted by molar-refractivity contribution is 5.52. The fourth-order valence-corrected chi connectivity index (χ4v) is 2.28. The van der Waals surface area contributed by atoms with Crippen molar-refractivity contribution in [2.75, 3.05) is 25.6 Å². The van der Waals surface area contributed by atoms with Gasteiger partial charge in [-0.3, -0.25) is 0 Å². The van der Waals surface area contributed by atoms with Crippen LogP contribution < -0.4 is 10.1 Å². The van der Waals surface area contributed by atoms with Gasteiger partial charge < -0.3 is 19.9 Å². The van der Waals surface area contributed by atoms with E-state index in [1.54, 1.807) is 7.11 Å². The lowest BCUT2D eigenvalue weighted by Gasteiger charge is -2.19. The van der Waals surface area contributed by atoms with E-state index < -0.39 is 0 Å². The van der Waals surface area contributed by atoms with Gasteiger partial charge in [0.05, 0.1) is 25.9 Å². The molecular weight excluding hydrogens is 242 g/mol. The first-order valence-electron chi connectivity index (χ1n) is 6.90. The molecular formula is C15H23NO3.